The molecule has 2 atom stereocenters. The predicted molar refractivity (Wildman–Crippen MR) is 88.4 cm³/mol. The maximum atomic E-state index is 6.65. The van der Waals surface area contributed by atoms with Crippen LogP contribution in [0.4, 0.5) is 0 Å². The molecule has 0 heterocycles. The number of hydrogen-bond donors (Lipinski definition) is 1. The molecule has 4 rings (SSSR count). The molecular weight excluding hydrogens is 254 g/mol. The molecule has 0 amide bonds. The van der Waals surface area contributed by atoms with Gasteiger partial charge >= 0.3 is 0 Å². The third kappa shape index (κ3) is 2.24. The summed E-state index contributed by atoms with van der Waals surface area (Å²) in [6, 6.07) is 25.8. The first-order valence-electron chi connectivity index (χ1n) is 7.57. The first-order valence-corrected chi connectivity index (χ1v) is 7.57. The van der Waals surface area contributed by atoms with Crippen LogP contribution >= 0.6 is 0 Å². The molecule has 21 heavy (non-hydrogen) atoms. The Kier molecular flexibility index (Phi) is 2.83. The highest BCUT2D eigenvalue weighted by atomic mass is 14.9. The minimum Gasteiger partial charge on any atom is -0.324 e. The average Bonchev–Trinajstić information content (AvgIpc) is 3.20. The second-order valence-corrected chi connectivity index (χ2v) is 6.22. The van der Waals surface area contributed by atoms with Crippen molar-refractivity contribution in [3.05, 3.63) is 83.9 Å². The van der Waals surface area contributed by atoms with Crippen LogP contribution in [0.2, 0.25) is 0 Å². The quantitative estimate of drug-likeness (QED) is 0.758. The van der Waals surface area contributed by atoms with E-state index in [1.807, 2.05) is 0 Å². The highest BCUT2D eigenvalue weighted by molar-refractivity contribution is 5.85. The van der Waals surface area contributed by atoms with Gasteiger partial charge in [-0.05, 0) is 34.7 Å². The molecule has 0 aromatic heterocycles. The standard InChI is InChI=1S/C20H19N/c21-20(14-19(20)16-8-2-1-3-9-16)13-17-11-6-10-15-7-4-5-12-18(15)17/h1-12,19H,13-14,21H2/t19-,20-/m1/s1. The van der Waals surface area contributed by atoms with Gasteiger partial charge in [0, 0.05) is 11.5 Å². The van der Waals surface area contributed by atoms with Crippen molar-refractivity contribution in [3.63, 3.8) is 0 Å². The highest BCUT2D eigenvalue weighted by Crippen LogP contribution is 2.51. The number of hydrogen-bond acceptors (Lipinski definition) is 1. The van der Waals surface area contributed by atoms with Gasteiger partial charge in [-0.2, -0.15) is 0 Å². The zero-order valence-electron chi connectivity index (χ0n) is 12.0. The second-order valence-electron chi connectivity index (χ2n) is 6.22. The Morgan fingerprint density at radius 3 is 2.43 bits per heavy atom. The molecule has 2 N–H and O–H groups in total. The molecule has 1 heteroatoms. The Hall–Kier alpha value is -2.12. The summed E-state index contributed by atoms with van der Waals surface area (Å²) in [5.41, 5.74) is 9.31. The van der Waals surface area contributed by atoms with Crippen LogP contribution in [-0.4, -0.2) is 5.54 Å². The Morgan fingerprint density at radius 1 is 0.857 bits per heavy atom. The summed E-state index contributed by atoms with van der Waals surface area (Å²) >= 11 is 0. The summed E-state index contributed by atoms with van der Waals surface area (Å²) in [7, 11) is 0. The fourth-order valence-corrected chi connectivity index (χ4v) is 3.45. The van der Waals surface area contributed by atoms with Crippen molar-refractivity contribution in [2.75, 3.05) is 0 Å². The molecule has 0 radical (unpaired) electrons. The lowest BCUT2D eigenvalue weighted by molar-refractivity contribution is 0.649. The predicted octanol–water partition coefficient (Wildman–Crippen LogP) is 4.27. The van der Waals surface area contributed by atoms with Gasteiger partial charge < -0.3 is 5.73 Å². The number of nitrogens with two attached hydrogens (primary N) is 1. The van der Waals surface area contributed by atoms with E-state index in [2.05, 4.69) is 72.8 Å². The highest BCUT2D eigenvalue weighted by Gasteiger charge is 2.51. The molecule has 0 bridgehead atoms. The summed E-state index contributed by atoms with van der Waals surface area (Å²) in [4.78, 5) is 0. The lowest BCUT2D eigenvalue weighted by Crippen LogP contribution is -2.27. The Balaban J connectivity index is 1.64. The molecular formula is C20H19N. The molecule has 1 fully saturated rings. The van der Waals surface area contributed by atoms with Crippen molar-refractivity contribution in [1.82, 2.24) is 0 Å². The fraction of sp³-hybridized carbons (Fsp3) is 0.200. The molecule has 1 nitrogen and oxygen atoms in total. The largest absolute Gasteiger partial charge is 0.324 e. The average molecular weight is 273 g/mol. The van der Waals surface area contributed by atoms with Gasteiger partial charge in [0.2, 0.25) is 0 Å². The molecule has 0 saturated heterocycles. The summed E-state index contributed by atoms with van der Waals surface area (Å²) in [6.45, 7) is 0. The summed E-state index contributed by atoms with van der Waals surface area (Å²) in [5, 5.41) is 2.64. The van der Waals surface area contributed by atoms with Crippen molar-refractivity contribution in [2.45, 2.75) is 24.3 Å². The first kappa shape index (κ1) is 12.6. The molecule has 1 aliphatic rings. The van der Waals surface area contributed by atoms with E-state index in [0.29, 0.717) is 5.92 Å². The molecule has 0 spiro atoms. The lowest BCUT2D eigenvalue weighted by atomic mass is 9.95. The van der Waals surface area contributed by atoms with E-state index in [4.69, 9.17) is 5.73 Å². The van der Waals surface area contributed by atoms with Gasteiger partial charge in [0.1, 0.15) is 0 Å². The maximum Gasteiger partial charge on any atom is 0.0272 e. The smallest absolute Gasteiger partial charge is 0.0272 e. The van der Waals surface area contributed by atoms with E-state index in [0.717, 1.165) is 12.8 Å². The summed E-state index contributed by atoms with van der Waals surface area (Å²) in [5.74, 6) is 0.498. The van der Waals surface area contributed by atoms with E-state index in [9.17, 15) is 0 Å². The van der Waals surface area contributed by atoms with Gasteiger partial charge in [-0.3, -0.25) is 0 Å². The second kappa shape index (κ2) is 4.71. The van der Waals surface area contributed by atoms with Crippen molar-refractivity contribution in [2.24, 2.45) is 5.73 Å². The van der Waals surface area contributed by atoms with Gasteiger partial charge in [0.05, 0.1) is 0 Å². The van der Waals surface area contributed by atoms with Gasteiger partial charge in [0.15, 0.2) is 0 Å². The minimum absolute atomic E-state index is 0.0779. The van der Waals surface area contributed by atoms with Gasteiger partial charge in [-0.1, -0.05) is 72.8 Å². The zero-order chi connectivity index (χ0) is 14.3. The summed E-state index contributed by atoms with van der Waals surface area (Å²) in [6.07, 6.45) is 2.04. The van der Waals surface area contributed by atoms with Crippen LogP contribution in [0.15, 0.2) is 72.8 Å². The third-order valence-electron chi connectivity index (χ3n) is 4.72. The fourth-order valence-electron chi connectivity index (χ4n) is 3.45. The van der Waals surface area contributed by atoms with Gasteiger partial charge in [0.25, 0.3) is 0 Å². The maximum absolute atomic E-state index is 6.65. The Bertz CT molecular complexity index is 773. The monoisotopic (exact) mass is 273 g/mol. The number of benzene rings is 3. The molecule has 3 aromatic rings. The summed E-state index contributed by atoms with van der Waals surface area (Å²) < 4.78 is 0. The van der Waals surface area contributed by atoms with E-state index in [1.54, 1.807) is 0 Å². The van der Waals surface area contributed by atoms with E-state index < -0.39 is 0 Å². The van der Waals surface area contributed by atoms with Crippen LogP contribution in [0.1, 0.15) is 23.5 Å². The van der Waals surface area contributed by atoms with E-state index in [-0.39, 0.29) is 5.54 Å². The van der Waals surface area contributed by atoms with E-state index >= 15 is 0 Å². The normalized spacial score (nSPS) is 24.1. The van der Waals surface area contributed by atoms with E-state index in [1.165, 1.54) is 21.9 Å². The van der Waals surface area contributed by atoms with Crippen molar-refractivity contribution in [3.8, 4) is 0 Å². The van der Waals surface area contributed by atoms with Crippen molar-refractivity contribution < 1.29 is 0 Å². The van der Waals surface area contributed by atoms with Crippen LogP contribution in [0.5, 0.6) is 0 Å². The Labute approximate surface area is 125 Å². The topological polar surface area (TPSA) is 26.0 Å². The van der Waals surface area contributed by atoms with Crippen LogP contribution in [0.3, 0.4) is 0 Å². The van der Waals surface area contributed by atoms with Gasteiger partial charge in [-0.25, -0.2) is 0 Å². The first-order chi connectivity index (χ1) is 10.3. The van der Waals surface area contributed by atoms with Crippen LogP contribution in [0.25, 0.3) is 10.8 Å². The van der Waals surface area contributed by atoms with Crippen molar-refractivity contribution in [1.29, 1.82) is 0 Å². The van der Waals surface area contributed by atoms with Crippen LogP contribution in [0, 0.1) is 0 Å². The molecule has 0 aliphatic heterocycles. The molecule has 104 valence electrons. The van der Waals surface area contributed by atoms with Crippen molar-refractivity contribution >= 4 is 10.8 Å². The zero-order valence-corrected chi connectivity index (χ0v) is 12.0. The van der Waals surface area contributed by atoms with Crippen LogP contribution < -0.4 is 5.73 Å². The SMILES string of the molecule is N[C@]1(Cc2cccc3ccccc23)C[C@@H]1c1ccccc1. The lowest BCUT2D eigenvalue weighted by Gasteiger charge is -2.14. The number of rotatable bonds is 3. The molecule has 3 aromatic carbocycles. The molecule has 1 aliphatic carbocycles. The third-order valence-corrected chi connectivity index (χ3v) is 4.72. The van der Waals surface area contributed by atoms with Crippen LogP contribution in [-0.2, 0) is 6.42 Å². The van der Waals surface area contributed by atoms with Gasteiger partial charge in [-0.15, -0.1) is 0 Å². The number of fused-ring (bicyclic) bond motifs is 1. The molecule has 1 saturated carbocycles. The molecule has 0 unspecified atom stereocenters. The Morgan fingerprint density at radius 2 is 1.57 bits per heavy atom. The minimum atomic E-state index is -0.0779.